The zero-order valence-corrected chi connectivity index (χ0v) is 12.2. The molecule has 0 heterocycles. The molecule has 0 unspecified atom stereocenters. The van der Waals surface area contributed by atoms with Gasteiger partial charge >= 0.3 is 0 Å². The van der Waals surface area contributed by atoms with Gasteiger partial charge in [0, 0.05) is 0 Å². The molecular formula is C22H16. The maximum absolute atomic E-state index is 2.27. The first kappa shape index (κ1) is 12.8. The fourth-order valence-corrected chi connectivity index (χ4v) is 2.97. The molecule has 0 aromatic heterocycles. The maximum atomic E-state index is 2.27. The second-order valence-electron chi connectivity index (χ2n) is 5.48. The first-order valence-electron chi connectivity index (χ1n) is 7.55. The number of hydrogen-bond acceptors (Lipinski definition) is 0. The second kappa shape index (κ2) is 5.50. The Hall–Kier alpha value is -2.86. The van der Waals surface area contributed by atoms with Crippen LogP contribution in [0, 0.1) is 0 Å². The smallest absolute Gasteiger partial charge is 0.00992 e. The minimum Gasteiger partial charge on any atom is -0.0622 e. The third-order valence-corrected chi connectivity index (χ3v) is 4.05. The van der Waals surface area contributed by atoms with Gasteiger partial charge < -0.3 is 0 Å². The van der Waals surface area contributed by atoms with Crippen molar-refractivity contribution in [3.63, 3.8) is 0 Å². The lowest BCUT2D eigenvalue weighted by molar-refractivity contribution is 1.66. The molecule has 0 spiro atoms. The van der Waals surface area contributed by atoms with E-state index < -0.39 is 0 Å². The molecule has 0 aliphatic rings. The van der Waals surface area contributed by atoms with Crippen molar-refractivity contribution >= 4 is 33.7 Å². The SMILES string of the molecule is C(=C\c1c2ccccc2cc2ccccc12)/c1ccccc1. The molecule has 0 aliphatic carbocycles. The van der Waals surface area contributed by atoms with Crippen molar-refractivity contribution < 1.29 is 0 Å². The van der Waals surface area contributed by atoms with Gasteiger partial charge in [0.1, 0.15) is 0 Å². The van der Waals surface area contributed by atoms with E-state index in [1.54, 1.807) is 0 Å². The van der Waals surface area contributed by atoms with Crippen LogP contribution in [-0.4, -0.2) is 0 Å². The summed E-state index contributed by atoms with van der Waals surface area (Å²) in [5.41, 5.74) is 2.51. The van der Waals surface area contributed by atoms with Gasteiger partial charge in [0.2, 0.25) is 0 Å². The van der Waals surface area contributed by atoms with Gasteiger partial charge in [0.05, 0.1) is 0 Å². The highest BCUT2D eigenvalue weighted by Gasteiger charge is 2.04. The topological polar surface area (TPSA) is 0 Å². The van der Waals surface area contributed by atoms with Crippen LogP contribution < -0.4 is 0 Å². The lowest BCUT2D eigenvalue weighted by Gasteiger charge is -2.08. The molecule has 0 saturated carbocycles. The summed E-state index contributed by atoms with van der Waals surface area (Å²) >= 11 is 0. The van der Waals surface area contributed by atoms with Gasteiger partial charge in [0.15, 0.2) is 0 Å². The van der Waals surface area contributed by atoms with Crippen molar-refractivity contribution in [2.45, 2.75) is 0 Å². The Morgan fingerprint density at radius 2 is 1.05 bits per heavy atom. The summed E-state index contributed by atoms with van der Waals surface area (Å²) in [5, 5.41) is 5.17. The van der Waals surface area contributed by atoms with Crippen molar-refractivity contribution in [1.29, 1.82) is 0 Å². The van der Waals surface area contributed by atoms with E-state index in [0.29, 0.717) is 0 Å². The quantitative estimate of drug-likeness (QED) is 0.304. The van der Waals surface area contributed by atoms with E-state index in [0.717, 1.165) is 0 Å². The molecule has 4 aromatic carbocycles. The molecule has 0 amide bonds. The van der Waals surface area contributed by atoms with Gasteiger partial charge in [-0.15, -0.1) is 0 Å². The summed E-state index contributed by atoms with van der Waals surface area (Å²) in [6, 6.07) is 29.9. The first-order valence-corrected chi connectivity index (χ1v) is 7.55. The average molecular weight is 280 g/mol. The predicted molar refractivity (Wildman–Crippen MR) is 96.8 cm³/mol. The summed E-state index contributed by atoms with van der Waals surface area (Å²) < 4.78 is 0. The van der Waals surface area contributed by atoms with Crippen LogP contribution in [0.3, 0.4) is 0 Å². The molecule has 0 atom stereocenters. The third-order valence-electron chi connectivity index (χ3n) is 4.05. The van der Waals surface area contributed by atoms with Crippen LogP contribution >= 0.6 is 0 Å². The van der Waals surface area contributed by atoms with Crippen LogP contribution in [0.2, 0.25) is 0 Å². The van der Waals surface area contributed by atoms with Gasteiger partial charge in [-0.05, 0) is 38.7 Å². The highest BCUT2D eigenvalue weighted by molar-refractivity contribution is 6.07. The average Bonchev–Trinajstić information content (AvgIpc) is 2.59. The van der Waals surface area contributed by atoms with Crippen molar-refractivity contribution in [1.82, 2.24) is 0 Å². The zero-order valence-electron chi connectivity index (χ0n) is 12.2. The van der Waals surface area contributed by atoms with Gasteiger partial charge in [-0.1, -0.05) is 91.0 Å². The predicted octanol–water partition coefficient (Wildman–Crippen LogP) is 6.16. The highest BCUT2D eigenvalue weighted by atomic mass is 14.1. The molecule has 0 nitrogen and oxygen atoms in total. The summed E-state index contributed by atoms with van der Waals surface area (Å²) in [4.78, 5) is 0. The van der Waals surface area contributed by atoms with E-state index in [2.05, 4.69) is 91.0 Å². The Kier molecular flexibility index (Phi) is 3.21. The Morgan fingerprint density at radius 3 is 1.68 bits per heavy atom. The number of rotatable bonds is 2. The Bertz CT molecular complexity index is 909. The van der Waals surface area contributed by atoms with E-state index in [9.17, 15) is 0 Å². The Morgan fingerprint density at radius 1 is 0.500 bits per heavy atom. The van der Waals surface area contributed by atoms with Crippen LogP contribution in [0.1, 0.15) is 11.1 Å². The molecule has 0 N–H and O–H groups in total. The van der Waals surface area contributed by atoms with Crippen LogP contribution in [0.15, 0.2) is 84.9 Å². The second-order valence-corrected chi connectivity index (χ2v) is 5.48. The summed E-state index contributed by atoms with van der Waals surface area (Å²) in [6.07, 6.45) is 4.42. The molecule has 4 rings (SSSR count). The molecule has 0 fully saturated rings. The zero-order chi connectivity index (χ0) is 14.8. The molecule has 0 aliphatic heterocycles. The summed E-state index contributed by atoms with van der Waals surface area (Å²) in [6.45, 7) is 0. The van der Waals surface area contributed by atoms with Crippen LogP contribution in [-0.2, 0) is 0 Å². The number of benzene rings is 4. The first-order chi connectivity index (χ1) is 10.9. The van der Waals surface area contributed by atoms with Crippen molar-refractivity contribution in [3.8, 4) is 0 Å². The molecule has 0 radical (unpaired) electrons. The molecule has 0 bridgehead atoms. The summed E-state index contributed by atoms with van der Waals surface area (Å²) in [5.74, 6) is 0. The molecule has 22 heavy (non-hydrogen) atoms. The molecule has 0 saturated heterocycles. The molecule has 104 valence electrons. The molecule has 4 aromatic rings. The minimum atomic E-state index is 1.22. The van der Waals surface area contributed by atoms with Crippen molar-refractivity contribution in [2.24, 2.45) is 0 Å². The molecular weight excluding hydrogens is 264 g/mol. The van der Waals surface area contributed by atoms with Crippen LogP contribution in [0.25, 0.3) is 33.7 Å². The van der Waals surface area contributed by atoms with Gasteiger partial charge in [-0.2, -0.15) is 0 Å². The van der Waals surface area contributed by atoms with E-state index >= 15 is 0 Å². The Labute approximate surface area is 130 Å². The number of fused-ring (bicyclic) bond motifs is 2. The lowest BCUT2D eigenvalue weighted by Crippen LogP contribution is -1.83. The maximum Gasteiger partial charge on any atom is -0.00992 e. The Balaban J connectivity index is 1.98. The van der Waals surface area contributed by atoms with Gasteiger partial charge in [-0.3, -0.25) is 0 Å². The van der Waals surface area contributed by atoms with Crippen LogP contribution in [0.4, 0.5) is 0 Å². The highest BCUT2D eigenvalue weighted by Crippen LogP contribution is 2.29. The normalized spacial score (nSPS) is 11.5. The fraction of sp³-hybridized carbons (Fsp3) is 0. The van der Waals surface area contributed by atoms with Crippen molar-refractivity contribution in [3.05, 3.63) is 96.1 Å². The monoisotopic (exact) mass is 280 g/mol. The minimum absolute atomic E-state index is 1.22. The third kappa shape index (κ3) is 2.29. The fourth-order valence-electron chi connectivity index (χ4n) is 2.97. The largest absolute Gasteiger partial charge is 0.0622 e. The standard InChI is InChI=1S/C22H16/c1-2-8-17(9-3-1)14-15-22-20-12-6-4-10-18(20)16-19-11-5-7-13-21(19)22/h1-16H/b15-14+. The van der Waals surface area contributed by atoms with Gasteiger partial charge in [-0.25, -0.2) is 0 Å². The number of hydrogen-bond donors (Lipinski definition) is 0. The van der Waals surface area contributed by atoms with Crippen LogP contribution in [0.5, 0.6) is 0 Å². The van der Waals surface area contributed by atoms with E-state index in [1.807, 2.05) is 6.07 Å². The van der Waals surface area contributed by atoms with E-state index in [1.165, 1.54) is 32.7 Å². The van der Waals surface area contributed by atoms with E-state index in [-0.39, 0.29) is 0 Å². The van der Waals surface area contributed by atoms with Crippen molar-refractivity contribution in [2.75, 3.05) is 0 Å². The molecule has 0 heteroatoms. The van der Waals surface area contributed by atoms with E-state index in [4.69, 9.17) is 0 Å². The summed E-state index contributed by atoms with van der Waals surface area (Å²) in [7, 11) is 0. The lowest BCUT2D eigenvalue weighted by atomic mass is 9.96. The van der Waals surface area contributed by atoms with Gasteiger partial charge in [0.25, 0.3) is 0 Å².